The summed E-state index contributed by atoms with van der Waals surface area (Å²) in [6.07, 6.45) is 3.10. The summed E-state index contributed by atoms with van der Waals surface area (Å²) in [5.41, 5.74) is 2.55. The van der Waals surface area contributed by atoms with Crippen LogP contribution in [0, 0.1) is 0 Å². The van der Waals surface area contributed by atoms with E-state index in [9.17, 15) is 9.59 Å². The highest BCUT2D eigenvalue weighted by Crippen LogP contribution is 2.48. The second-order valence-corrected chi connectivity index (χ2v) is 11.4. The second kappa shape index (κ2) is 8.14. The van der Waals surface area contributed by atoms with Gasteiger partial charge >= 0.3 is 0 Å². The zero-order valence-corrected chi connectivity index (χ0v) is 21.0. The normalized spacial score (nSPS) is 16.2. The van der Waals surface area contributed by atoms with E-state index in [1.54, 1.807) is 57.9 Å². The molecule has 0 unspecified atom stereocenters. The summed E-state index contributed by atoms with van der Waals surface area (Å²) in [4.78, 5) is 37.0. The van der Waals surface area contributed by atoms with Gasteiger partial charge in [0.05, 0.1) is 32.3 Å². The van der Waals surface area contributed by atoms with Crippen LogP contribution >= 0.6 is 34.0 Å². The van der Waals surface area contributed by atoms with E-state index in [4.69, 9.17) is 0 Å². The molecule has 0 fully saturated rings. The van der Waals surface area contributed by atoms with Crippen molar-refractivity contribution in [1.29, 1.82) is 0 Å². The summed E-state index contributed by atoms with van der Waals surface area (Å²) in [5, 5.41) is 0. The largest absolute Gasteiger partial charge is 0.309 e. The Balaban J connectivity index is 1.62. The van der Waals surface area contributed by atoms with E-state index < -0.39 is 0 Å². The maximum Gasteiger partial charge on any atom is 0.261 e. The Morgan fingerprint density at radius 2 is 1.12 bits per heavy atom. The summed E-state index contributed by atoms with van der Waals surface area (Å²) >= 11 is 5.11. The summed E-state index contributed by atoms with van der Waals surface area (Å²) in [6, 6.07) is 12.6. The fourth-order valence-corrected chi connectivity index (χ4v) is 7.62. The van der Waals surface area contributed by atoms with Crippen molar-refractivity contribution < 1.29 is 9.59 Å². The second-order valence-electron chi connectivity index (χ2n) is 7.97. The summed E-state index contributed by atoms with van der Waals surface area (Å²) in [5.74, 6) is -0.208. The number of thiophene rings is 3. The van der Waals surface area contributed by atoms with Gasteiger partial charge in [-0.25, -0.2) is 0 Å². The summed E-state index contributed by atoms with van der Waals surface area (Å²) in [7, 11) is 3.55. The van der Waals surface area contributed by atoms with Crippen molar-refractivity contribution in [3.05, 3.63) is 67.1 Å². The van der Waals surface area contributed by atoms with Crippen molar-refractivity contribution in [2.75, 3.05) is 14.1 Å². The van der Waals surface area contributed by atoms with Crippen LogP contribution in [0.1, 0.15) is 39.8 Å². The Hall–Kier alpha value is -2.48. The fraction of sp³-hybridized carbons (Fsp3) is 0.280. The molecule has 0 bridgehead atoms. The molecule has 0 atom stereocenters. The lowest BCUT2D eigenvalue weighted by atomic mass is 10.1. The van der Waals surface area contributed by atoms with Crippen molar-refractivity contribution in [1.82, 2.24) is 9.80 Å². The van der Waals surface area contributed by atoms with E-state index in [-0.39, 0.29) is 11.8 Å². The Labute approximate surface area is 200 Å². The number of likely N-dealkylation sites (N-methyl/N-ethyl adjacent to an activating group) is 2. The smallest absolute Gasteiger partial charge is 0.261 e. The molecular formula is C25H24N2O2S3. The van der Waals surface area contributed by atoms with Gasteiger partial charge in [-0.05, 0) is 49.2 Å². The third kappa shape index (κ3) is 3.22. The molecule has 0 aliphatic carbocycles. The lowest BCUT2D eigenvalue weighted by Gasteiger charge is -2.18. The van der Waals surface area contributed by atoms with Crippen LogP contribution in [0.5, 0.6) is 0 Å². The molecule has 0 aromatic carbocycles. The molecule has 2 aliphatic heterocycles. The molecule has 32 heavy (non-hydrogen) atoms. The minimum absolute atomic E-state index is 0.104. The quantitative estimate of drug-likeness (QED) is 0.426. The molecule has 5 heterocycles. The van der Waals surface area contributed by atoms with Crippen LogP contribution < -0.4 is 0 Å². The summed E-state index contributed by atoms with van der Waals surface area (Å²) in [6.45, 7) is 4.32. The molecule has 164 valence electrons. The number of hydrogen-bond donors (Lipinski definition) is 0. The highest BCUT2D eigenvalue weighted by atomic mass is 32.1. The zero-order chi connectivity index (χ0) is 22.6. The Morgan fingerprint density at radius 1 is 0.656 bits per heavy atom. The molecule has 0 radical (unpaired) electrons. The molecule has 0 spiro atoms. The van der Waals surface area contributed by atoms with Gasteiger partial charge in [-0.3, -0.25) is 9.59 Å². The highest BCUT2D eigenvalue weighted by molar-refractivity contribution is 7.22. The molecule has 2 aliphatic rings. The first kappa shape index (κ1) is 21.4. The number of nitrogens with zero attached hydrogens (tertiary/aromatic N) is 2. The molecule has 0 N–H and O–H groups in total. The molecule has 3 aromatic rings. The molecular weight excluding hydrogens is 456 g/mol. The molecule has 0 saturated heterocycles. The average molecular weight is 481 g/mol. The maximum absolute atomic E-state index is 13.4. The lowest BCUT2D eigenvalue weighted by molar-refractivity contribution is -0.123. The van der Waals surface area contributed by atoms with Gasteiger partial charge in [0.1, 0.15) is 0 Å². The number of carbonyl (C=O) groups excluding carboxylic acids is 2. The first-order chi connectivity index (χ1) is 15.4. The lowest BCUT2D eigenvalue weighted by Crippen LogP contribution is -2.24. The third-order valence-electron chi connectivity index (χ3n) is 5.92. The number of aryl methyl sites for hydroxylation is 2. The predicted octanol–water partition coefficient (Wildman–Crippen LogP) is 6.12. The van der Waals surface area contributed by atoms with Gasteiger partial charge in [0.15, 0.2) is 0 Å². The monoisotopic (exact) mass is 480 g/mol. The maximum atomic E-state index is 13.4. The first-order valence-corrected chi connectivity index (χ1v) is 13.2. The number of carbonyl (C=O) groups is 2. The minimum atomic E-state index is -0.104. The standard InChI is InChI=1S/C25H24N2O2S3/c1-5-7-15-9-11-18(31-15)22-20-21(25(29)26(22)3)23(27(4)24(20)28)19-13-12-17(32-19)16-10-8-14(6-2)30-16/h8-13H,5-7H2,1-4H3. The van der Waals surface area contributed by atoms with Gasteiger partial charge < -0.3 is 9.80 Å². The van der Waals surface area contributed by atoms with Gasteiger partial charge in [-0.15, -0.1) is 34.0 Å². The third-order valence-corrected chi connectivity index (χ3v) is 9.58. The molecule has 2 amide bonds. The van der Waals surface area contributed by atoms with E-state index in [0.717, 1.165) is 45.3 Å². The van der Waals surface area contributed by atoms with Gasteiger partial charge in [-0.2, -0.15) is 0 Å². The van der Waals surface area contributed by atoms with Crippen LogP contribution in [0.2, 0.25) is 0 Å². The van der Waals surface area contributed by atoms with Crippen molar-refractivity contribution >= 4 is 57.2 Å². The number of amides is 2. The van der Waals surface area contributed by atoms with Gasteiger partial charge in [-0.1, -0.05) is 20.3 Å². The van der Waals surface area contributed by atoms with Crippen LogP contribution in [0.25, 0.3) is 21.1 Å². The Bertz CT molecular complexity index is 1300. The van der Waals surface area contributed by atoms with Crippen LogP contribution in [-0.2, 0) is 22.4 Å². The molecule has 0 saturated carbocycles. The molecule has 7 heteroatoms. The Morgan fingerprint density at radius 3 is 1.72 bits per heavy atom. The predicted molar refractivity (Wildman–Crippen MR) is 135 cm³/mol. The minimum Gasteiger partial charge on any atom is -0.309 e. The van der Waals surface area contributed by atoms with Crippen LogP contribution in [-0.4, -0.2) is 35.7 Å². The van der Waals surface area contributed by atoms with E-state index in [1.165, 1.54) is 14.6 Å². The van der Waals surface area contributed by atoms with E-state index in [0.29, 0.717) is 11.1 Å². The fourth-order valence-electron chi connectivity index (χ4n) is 4.29. The SMILES string of the molecule is CCCc1ccc(C2=C3C(=O)N(C)C(c4ccc(-c5ccc(CC)s5)s4)=C3C(=O)N2C)s1. The van der Waals surface area contributed by atoms with Crippen molar-refractivity contribution in [3.8, 4) is 9.75 Å². The van der Waals surface area contributed by atoms with Crippen LogP contribution in [0.3, 0.4) is 0 Å². The summed E-state index contributed by atoms with van der Waals surface area (Å²) < 4.78 is 0. The zero-order valence-electron chi connectivity index (χ0n) is 18.5. The highest BCUT2D eigenvalue weighted by Gasteiger charge is 2.47. The van der Waals surface area contributed by atoms with Crippen LogP contribution in [0.15, 0.2) is 47.5 Å². The van der Waals surface area contributed by atoms with Crippen molar-refractivity contribution in [3.63, 3.8) is 0 Å². The molecule has 3 aromatic heterocycles. The molecule has 4 nitrogen and oxygen atoms in total. The van der Waals surface area contributed by atoms with Gasteiger partial charge in [0.2, 0.25) is 0 Å². The van der Waals surface area contributed by atoms with Gasteiger partial charge in [0.25, 0.3) is 11.8 Å². The van der Waals surface area contributed by atoms with Gasteiger partial charge in [0, 0.05) is 33.6 Å². The van der Waals surface area contributed by atoms with Crippen molar-refractivity contribution in [2.24, 2.45) is 0 Å². The topological polar surface area (TPSA) is 40.6 Å². The number of fused-ring (bicyclic) bond motifs is 1. The molecule has 5 rings (SSSR count). The number of rotatable bonds is 6. The van der Waals surface area contributed by atoms with E-state index >= 15 is 0 Å². The Kier molecular flexibility index (Phi) is 5.43. The van der Waals surface area contributed by atoms with E-state index in [2.05, 4.69) is 38.1 Å². The van der Waals surface area contributed by atoms with Crippen LogP contribution in [0.4, 0.5) is 0 Å². The van der Waals surface area contributed by atoms with Crippen molar-refractivity contribution in [2.45, 2.75) is 33.1 Å². The van der Waals surface area contributed by atoms with E-state index in [1.807, 2.05) is 12.1 Å². The number of hydrogen-bond acceptors (Lipinski definition) is 5. The first-order valence-electron chi connectivity index (χ1n) is 10.8. The average Bonchev–Trinajstić information content (AvgIpc) is 3.58.